The van der Waals surface area contributed by atoms with Crippen LogP contribution in [0.15, 0.2) is 66.2 Å². The third-order valence-corrected chi connectivity index (χ3v) is 6.42. The van der Waals surface area contributed by atoms with E-state index < -0.39 is 29.5 Å². The van der Waals surface area contributed by atoms with E-state index in [2.05, 4.69) is 0 Å². The minimum atomic E-state index is -1.06. The average molecular weight is 542 g/mol. The number of aromatic hydroxyl groups is 1. The minimum absolute atomic E-state index is 0.0312. The number of phenols is 1. The first-order valence-corrected chi connectivity index (χ1v) is 11.7. The van der Waals surface area contributed by atoms with E-state index >= 15 is 0 Å². The van der Waals surface area contributed by atoms with Crippen molar-refractivity contribution in [3.05, 3.63) is 98.5 Å². The predicted octanol–water partition coefficient (Wildman–Crippen LogP) is 5.12. The van der Waals surface area contributed by atoms with E-state index in [4.69, 9.17) is 32.7 Å². The number of ketones is 1. The van der Waals surface area contributed by atoms with Crippen LogP contribution in [0.25, 0.3) is 5.76 Å². The minimum Gasteiger partial charge on any atom is -0.508 e. The van der Waals surface area contributed by atoms with Crippen LogP contribution in [0.4, 0.5) is 0 Å². The lowest BCUT2D eigenvalue weighted by molar-refractivity contribution is -0.140. The largest absolute Gasteiger partial charge is 0.508 e. The first-order valence-electron chi connectivity index (χ1n) is 10.9. The van der Waals surface area contributed by atoms with Gasteiger partial charge >= 0.3 is 5.97 Å². The van der Waals surface area contributed by atoms with Crippen molar-refractivity contribution in [1.82, 2.24) is 4.90 Å². The molecule has 2 N–H and O–H groups in total. The number of halogens is 2. The number of hydrogen-bond acceptors (Lipinski definition) is 7. The van der Waals surface area contributed by atoms with E-state index in [0.29, 0.717) is 16.7 Å². The van der Waals surface area contributed by atoms with E-state index in [1.807, 2.05) is 0 Å². The molecular weight excluding hydrogens is 521 g/mol. The Labute approximate surface area is 222 Å². The van der Waals surface area contributed by atoms with E-state index in [1.54, 1.807) is 36.4 Å². The summed E-state index contributed by atoms with van der Waals surface area (Å²) in [7, 11) is 2.61. The van der Waals surface area contributed by atoms with Gasteiger partial charge in [0.2, 0.25) is 0 Å². The second kappa shape index (κ2) is 10.5. The smallest absolute Gasteiger partial charge is 0.337 e. The summed E-state index contributed by atoms with van der Waals surface area (Å²) in [4.78, 5) is 39.6. The molecule has 1 aliphatic rings. The van der Waals surface area contributed by atoms with Crippen LogP contribution < -0.4 is 4.74 Å². The molecule has 8 nitrogen and oxygen atoms in total. The molecule has 1 amide bonds. The standard InChI is InChI=1S/C27H21Cl2NO7/c1-36-25-19(11-17(28)12-20(25)29)23(32)21-22(16-4-3-5-18(31)10-16)30(26(34)24(21)33)13-14-6-8-15(9-7-14)27(35)37-2/h3-12,22,31-32H,13H2,1-2H3/b23-21+. The molecule has 0 saturated carbocycles. The summed E-state index contributed by atoms with van der Waals surface area (Å²) in [5, 5.41) is 21.7. The molecule has 3 aromatic carbocycles. The zero-order chi connectivity index (χ0) is 26.9. The summed E-state index contributed by atoms with van der Waals surface area (Å²) in [6.45, 7) is -0.0312. The number of nitrogens with zero attached hydrogens (tertiary/aromatic N) is 1. The number of aliphatic hydroxyl groups excluding tert-OH is 1. The molecule has 0 bridgehead atoms. The number of carbonyl (C=O) groups excluding carboxylic acids is 3. The van der Waals surface area contributed by atoms with Crippen molar-refractivity contribution in [3.8, 4) is 11.5 Å². The zero-order valence-corrected chi connectivity index (χ0v) is 21.2. The van der Waals surface area contributed by atoms with Crippen LogP contribution >= 0.6 is 23.2 Å². The highest BCUT2D eigenvalue weighted by molar-refractivity contribution is 6.46. The van der Waals surface area contributed by atoms with Crippen LogP contribution in [-0.4, -0.2) is 47.0 Å². The van der Waals surface area contributed by atoms with Gasteiger partial charge in [0, 0.05) is 11.6 Å². The second-order valence-corrected chi connectivity index (χ2v) is 9.02. The van der Waals surface area contributed by atoms with Crippen molar-refractivity contribution < 1.29 is 34.1 Å². The fraction of sp³-hybridized carbons (Fsp3) is 0.148. The van der Waals surface area contributed by atoms with Crippen LogP contribution in [0.5, 0.6) is 11.5 Å². The molecule has 1 heterocycles. The highest BCUT2D eigenvalue weighted by Gasteiger charge is 2.46. The van der Waals surface area contributed by atoms with Gasteiger partial charge < -0.3 is 24.6 Å². The van der Waals surface area contributed by atoms with Gasteiger partial charge in [-0.3, -0.25) is 9.59 Å². The Balaban J connectivity index is 1.87. The van der Waals surface area contributed by atoms with Crippen LogP contribution in [0, 0.1) is 0 Å². The van der Waals surface area contributed by atoms with Gasteiger partial charge in [0.1, 0.15) is 17.3 Å². The number of esters is 1. The lowest BCUT2D eigenvalue weighted by atomic mass is 9.94. The third-order valence-electron chi connectivity index (χ3n) is 5.92. The van der Waals surface area contributed by atoms with Gasteiger partial charge in [-0.15, -0.1) is 0 Å². The van der Waals surface area contributed by atoms with Gasteiger partial charge in [-0.1, -0.05) is 47.5 Å². The molecule has 1 saturated heterocycles. The Kier molecular flexibility index (Phi) is 7.42. The third kappa shape index (κ3) is 4.98. The van der Waals surface area contributed by atoms with Crippen LogP contribution in [0.2, 0.25) is 10.0 Å². The van der Waals surface area contributed by atoms with Crippen LogP contribution in [-0.2, 0) is 20.9 Å². The van der Waals surface area contributed by atoms with Gasteiger partial charge in [-0.05, 0) is 47.5 Å². The molecule has 10 heteroatoms. The molecule has 1 aliphatic heterocycles. The highest BCUT2D eigenvalue weighted by atomic mass is 35.5. The van der Waals surface area contributed by atoms with Crippen LogP contribution in [0.1, 0.15) is 33.1 Å². The van der Waals surface area contributed by atoms with Crippen molar-refractivity contribution in [1.29, 1.82) is 0 Å². The van der Waals surface area contributed by atoms with Gasteiger partial charge in [0.25, 0.3) is 11.7 Å². The number of phenolic OH excluding ortho intramolecular Hbond substituents is 1. The van der Waals surface area contributed by atoms with Crippen molar-refractivity contribution in [3.63, 3.8) is 0 Å². The number of likely N-dealkylation sites (tertiary alicyclic amines) is 1. The Morgan fingerprint density at radius 3 is 2.35 bits per heavy atom. The number of benzene rings is 3. The summed E-state index contributed by atoms with van der Waals surface area (Å²) in [5.74, 6) is -2.86. The normalized spacial score (nSPS) is 16.6. The van der Waals surface area contributed by atoms with Gasteiger partial charge in [-0.2, -0.15) is 0 Å². The molecule has 3 aromatic rings. The lowest BCUT2D eigenvalue weighted by Crippen LogP contribution is -2.29. The number of ether oxygens (including phenoxy) is 2. The number of amides is 1. The van der Waals surface area contributed by atoms with E-state index in [0.717, 1.165) is 0 Å². The predicted molar refractivity (Wildman–Crippen MR) is 137 cm³/mol. The summed E-state index contributed by atoms with van der Waals surface area (Å²) in [6, 6.07) is 14.1. The molecule has 4 rings (SSSR count). The van der Waals surface area contributed by atoms with Crippen molar-refractivity contribution >= 4 is 46.6 Å². The summed E-state index contributed by atoms with van der Waals surface area (Å²) in [6.07, 6.45) is 0. The van der Waals surface area contributed by atoms with Gasteiger partial charge in [0.05, 0.1) is 42.0 Å². The number of aliphatic hydroxyl groups is 1. The lowest BCUT2D eigenvalue weighted by Gasteiger charge is -2.26. The Morgan fingerprint density at radius 1 is 1.03 bits per heavy atom. The second-order valence-electron chi connectivity index (χ2n) is 8.18. The molecule has 0 aromatic heterocycles. The Hall–Kier alpha value is -4.01. The summed E-state index contributed by atoms with van der Waals surface area (Å²) < 4.78 is 10.0. The number of hydrogen-bond donors (Lipinski definition) is 2. The zero-order valence-electron chi connectivity index (χ0n) is 19.7. The van der Waals surface area contributed by atoms with E-state index in [1.165, 1.54) is 43.4 Å². The first-order chi connectivity index (χ1) is 17.7. The number of Topliss-reactive ketones (excluding diaryl/α,β-unsaturated/α-hetero) is 1. The highest BCUT2D eigenvalue weighted by Crippen LogP contribution is 2.44. The maximum Gasteiger partial charge on any atom is 0.337 e. The number of carbonyl (C=O) groups is 3. The fourth-order valence-corrected chi connectivity index (χ4v) is 4.80. The maximum absolute atomic E-state index is 13.3. The fourth-order valence-electron chi connectivity index (χ4n) is 4.23. The quantitative estimate of drug-likeness (QED) is 0.193. The summed E-state index contributed by atoms with van der Waals surface area (Å²) in [5.41, 5.74) is 1.13. The number of rotatable bonds is 6. The SMILES string of the molecule is COC(=O)c1ccc(CN2C(=O)C(=O)/C(=C(/O)c3cc(Cl)cc(Cl)c3OC)C2c2cccc(O)c2)cc1. The Bertz CT molecular complexity index is 1430. The average Bonchev–Trinajstić information content (AvgIpc) is 3.12. The molecule has 1 fully saturated rings. The topological polar surface area (TPSA) is 113 Å². The monoisotopic (exact) mass is 541 g/mol. The molecule has 1 atom stereocenters. The summed E-state index contributed by atoms with van der Waals surface area (Å²) >= 11 is 12.4. The Morgan fingerprint density at radius 2 is 1.73 bits per heavy atom. The molecule has 37 heavy (non-hydrogen) atoms. The van der Waals surface area contributed by atoms with Crippen molar-refractivity contribution in [2.24, 2.45) is 0 Å². The van der Waals surface area contributed by atoms with Crippen LogP contribution in [0.3, 0.4) is 0 Å². The molecule has 0 spiro atoms. The molecule has 0 aliphatic carbocycles. The van der Waals surface area contributed by atoms with E-state index in [9.17, 15) is 24.6 Å². The molecule has 1 unspecified atom stereocenters. The molecule has 0 radical (unpaired) electrons. The van der Waals surface area contributed by atoms with E-state index in [-0.39, 0.29) is 39.2 Å². The van der Waals surface area contributed by atoms with Crippen molar-refractivity contribution in [2.45, 2.75) is 12.6 Å². The number of methoxy groups -OCH3 is 2. The molecule has 190 valence electrons. The molecular formula is C27H21Cl2NO7. The van der Waals surface area contributed by atoms with Gasteiger partial charge in [0.15, 0.2) is 0 Å². The van der Waals surface area contributed by atoms with Gasteiger partial charge in [-0.25, -0.2) is 4.79 Å². The first kappa shape index (κ1) is 26.1. The van der Waals surface area contributed by atoms with Crippen molar-refractivity contribution in [2.75, 3.05) is 14.2 Å². The maximum atomic E-state index is 13.3.